The molecule has 4 heteroatoms. The van der Waals surface area contributed by atoms with Crippen molar-refractivity contribution in [2.45, 2.75) is 0 Å². The van der Waals surface area contributed by atoms with Gasteiger partial charge in [0.1, 0.15) is 17.3 Å². The number of aromatic nitrogens is 1. The first kappa shape index (κ1) is 10.1. The Balaban J connectivity index is 2.65. The van der Waals surface area contributed by atoms with Gasteiger partial charge in [0.2, 0.25) is 0 Å². The maximum absolute atomic E-state index is 13.7. The van der Waals surface area contributed by atoms with Crippen molar-refractivity contribution < 1.29 is 9.50 Å². The molecule has 0 aliphatic heterocycles. The van der Waals surface area contributed by atoms with Gasteiger partial charge in [-0.2, -0.15) is 0 Å². The van der Waals surface area contributed by atoms with Crippen molar-refractivity contribution in [2.75, 3.05) is 0 Å². The van der Waals surface area contributed by atoms with E-state index >= 15 is 0 Å². The van der Waals surface area contributed by atoms with Crippen LogP contribution >= 0.6 is 15.9 Å². The van der Waals surface area contributed by atoms with Gasteiger partial charge < -0.3 is 5.11 Å². The van der Waals surface area contributed by atoms with Crippen LogP contribution in [0.4, 0.5) is 4.39 Å². The normalized spacial score (nSPS) is 10.3. The van der Waals surface area contributed by atoms with Gasteiger partial charge in [-0.15, -0.1) is 0 Å². The fourth-order valence-electron chi connectivity index (χ4n) is 1.29. The van der Waals surface area contributed by atoms with Gasteiger partial charge in [-0.1, -0.05) is 6.07 Å². The van der Waals surface area contributed by atoms with E-state index in [1.807, 2.05) is 0 Å². The number of hydrogen-bond acceptors (Lipinski definition) is 2. The van der Waals surface area contributed by atoms with Crippen LogP contribution in [0.3, 0.4) is 0 Å². The summed E-state index contributed by atoms with van der Waals surface area (Å²) in [6.07, 6.45) is 1.51. The lowest BCUT2D eigenvalue weighted by Gasteiger charge is -2.05. The summed E-state index contributed by atoms with van der Waals surface area (Å²) in [5.41, 5.74) is 0.527. The highest BCUT2D eigenvalue weighted by atomic mass is 79.9. The van der Waals surface area contributed by atoms with Gasteiger partial charge in [0.15, 0.2) is 0 Å². The Labute approximate surface area is 94.5 Å². The van der Waals surface area contributed by atoms with Gasteiger partial charge in [-0.05, 0) is 40.2 Å². The summed E-state index contributed by atoms with van der Waals surface area (Å²) in [5.74, 6) is -0.457. The van der Waals surface area contributed by atoms with Crippen molar-refractivity contribution in [1.82, 2.24) is 4.98 Å². The summed E-state index contributed by atoms with van der Waals surface area (Å²) < 4.78 is 14.0. The number of aromatic hydroxyl groups is 1. The minimum absolute atomic E-state index is 0.0329. The molecule has 0 aliphatic rings. The molecule has 15 heavy (non-hydrogen) atoms. The summed E-state index contributed by atoms with van der Waals surface area (Å²) >= 11 is 3.08. The van der Waals surface area contributed by atoms with Crippen LogP contribution in [0.15, 0.2) is 41.0 Å². The standard InChI is InChI=1S/C11H7BrFNO/c12-8-4-1-3-7(10(8)13)11-9(15)5-2-6-14-11/h1-6,15H. The first-order chi connectivity index (χ1) is 7.20. The lowest BCUT2D eigenvalue weighted by molar-refractivity contribution is 0.474. The van der Waals surface area contributed by atoms with E-state index in [0.717, 1.165) is 0 Å². The van der Waals surface area contributed by atoms with Crippen molar-refractivity contribution in [3.05, 3.63) is 46.8 Å². The van der Waals surface area contributed by atoms with Gasteiger partial charge in [-0.3, -0.25) is 4.98 Å². The largest absolute Gasteiger partial charge is 0.506 e. The first-order valence-corrected chi connectivity index (χ1v) is 5.08. The molecule has 2 nitrogen and oxygen atoms in total. The molecule has 0 aliphatic carbocycles. The summed E-state index contributed by atoms with van der Waals surface area (Å²) in [4.78, 5) is 3.94. The molecule has 1 heterocycles. The van der Waals surface area contributed by atoms with Crippen molar-refractivity contribution in [1.29, 1.82) is 0 Å². The molecule has 0 bridgehead atoms. The highest BCUT2D eigenvalue weighted by Gasteiger charge is 2.12. The number of nitrogens with zero attached hydrogens (tertiary/aromatic N) is 1. The average Bonchev–Trinajstić information content (AvgIpc) is 2.23. The summed E-state index contributed by atoms with van der Waals surface area (Å²) in [5, 5.41) is 9.53. The van der Waals surface area contributed by atoms with Crippen LogP contribution in [0.2, 0.25) is 0 Å². The van der Waals surface area contributed by atoms with E-state index in [1.165, 1.54) is 12.3 Å². The van der Waals surface area contributed by atoms with E-state index < -0.39 is 5.82 Å². The van der Waals surface area contributed by atoms with E-state index in [-0.39, 0.29) is 17.0 Å². The molecule has 1 aromatic heterocycles. The fourth-order valence-corrected chi connectivity index (χ4v) is 1.66. The molecule has 2 aromatic rings. The molecule has 0 saturated heterocycles. The maximum Gasteiger partial charge on any atom is 0.146 e. The fraction of sp³-hybridized carbons (Fsp3) is 0. The van der Waals surface area contributed by atoms with Crippen LogP contribution in [0, 0.1) is 5.82 Å². The van der Waals surface area contributed by atoms with E-state index in [2.05, 4.69) is 20.9 Å². The van der Waals surface area contributed by atoms with Crippen LogP contribution in [0.25, 0.3) is 11.3 Å². The zero-order valence-corrected chi connectivity index (χ0v) is 9.20. The minimum Gasteiger partial charge on any atom is -0.506 e. The third kappa shape index (κ3) is 1.85. The van der Waals surface area contributed by atoms with Gasteiger partial charge >= 0.3 is 0 Å². The third-order valence-electron chi connectivity index (χ3n) is 1.99. The molecule has 76 valence electrons. The van der Waals surface area contributed by atoms with Crippen LogP contribution in [0.5, 0.6) is 5.75 Å². The van der Waals surface area contributed by atoms with Gasteiger partial charge in [-0.25, -0.2) is 4.39 Å². The topological polar surface area (TPSA) is 33.1 Å². The number of hydrogen-bond donors (Lipinski definition) is 1. The second-order valence-electron chi connectivity index (χ2n) is 2.97. The van der Waals surface area contributed by atoms with E-state index in [0.29, 0.717) is 4.47 Å². The smallest absolute Gasteiger partial charge is 0.146 e. The third-order valence-corrected chi connectivity index (χ3v) is 2.61. The Morgan fingerprint density at radius 3 is 2.73 bits per heavy atom. The zero-order chi connectivity index (χ0) is 10.8. The summed E-state index contributed by atoms with van der Waals surface area (Å²) in [6.45, 7) is 0. The highest BCUT2D eigenvalue weighted by molar-refractivity contribution is 9.10. The summed E-state index contributed by atoms with van der Waals surface area (Å²) in [6, 6.07) is 7.93. The zero-order valence-electron chi connectivity index (χ0n) is 7.61. The molecule has 0 unspecified atom stereocenters. The van der Waals surface area contributed by atoms with Crippen molar-refractivity contribution in [3.63, 3.8) is 0 Å². The SMILES string of the molecule is Oc1cccnc1-c1cccc(Br)c1F. The Hall–Kier alpha value is -1.42. The molecular weight excluding hydrogens is 261 g/mol. The van der Waals surface area contributed by atoms with Gasteiger partial charge in [0.05, 0.1) is 4.47 Å². The van der Waals surface area contributed by atoms with Crippen LogP contribution < -0.4 is 0 Å². The number of benzene rings is 1. The quantitative estimate of drug-likeness (QED) is 0.860. The monoisotopic (exact) mass is 267 g/mol. The Morgan fingerprint density at radius 2 is 2.00 bits per heavy atom. The molecule has 1 aromatic carbocycles. The lowest BCUT2D eigenvalue weighted by atomic mass is 10.1. The van der Waals surface area contributed by atoms with Gasteiger partial charge in [0.25, 0.3) is 0 Å². The molecule has 2 rings (SSSR count). The van der Waals surface area contributed by atoms with Crippen LogP contribution in [0.1, 0.15) is 0 Å². The molecule has 0 spiro atoms. The van der Waals surface area contributed by atoms with Crippen molar-refractivity contribution >= 4 is 15.9 Å². The van der Waals surface area contributed by atoms with Crippen LogP contribution in [-0.4, -0.2) is 10.1 Å². The second kappa shape index (κ2) is 3.98. The second-order valence-corrected chi connectivity index (χ2v) is 3.83. The predicted molar refractivity (Wildman–Crippen MR) is 59.0 cm³/mol. The highest BCUT2D eigenvalue weighted by Crippen LogP contribution is 2.31. The molecule has 0 fully saturated rings. The maximum atomic E-state index is 13.7. The molecule has 0 atom stereocenters. The molecule has 0 saturated carbocycles. The van der Waals surface area contributed by atoms with E-state index in [4.69, 9.17) is 0 Å². The molecular formula is C11H7BrFNO. The number of pyridine rings is 1. The molecule has 0 radical (unpaired) electrons. The lowest BCUT2D eigenvalue weighted by Crippen LogP contribution is -1.88. The van der Waals surface area contributed by atoms with E-state index in [1.54, 1.807) is 24.3 Å². The van der Waals surface area contributed by atoms with Crippen molar-refractivity contribution in [3.8, 4) is 17.0 Å². The summed E-state index contributed by atoms with van der Waals surface area (Å²) in [7, 11) is 0. The average molecular weight is 268 g/mol. The predicted octanol–water partition coefficient (Wildman–Crippen LogP) is 3.36. The molecule has 1 N–H and O–H groups in total. The Bertz CT molecular complexity index is 502. The van der Waals surface area contributed by atoms with Crippen LogP contribution in [-0.2, 0) is 0 Å². The minimum atomic E-state index is -0.425. The van der Waals surface area contributed by atoms with Gasteiger partial charge in [0, 0.05) is 11.8 Å². The van der Waals surface area contributed by atoms with E-state index in [9.17, 15) is 9.50 Å². The molecule has 0 amide bonds. The Kier molecular flexibility index (Phi) is 2.68. The number of halogens is 2. The van der Waals surface area contributed by atoms with Crippen molar-refractivity contribution in [2.24, 2.45) is 0 Å². The number of rotatable bonds is 1. The first-order valence-electron chi connectivity index (χ1n) is 4.28. The Morgan fingerprint density at radius 1 is 1.20 bits per heavy atom.